The lowest BCUT2D eigenvalue weighted by Gasteiger charge is -2.31. The van der Waals surface area contributed by atoms with Crippen LogP contribution in [0.1, 0.15) is 32.1 Å². The molecule has 2 aliphatic rings. The second kappa shape index (κ2) is 7.78. The molecule has 1 heterocycles. The number of piperidine rings is 1. The molecule has 0 aromatic carbocycles. The molecule has 0 amide bonds. The highest BCUT2D eigenvalue weighted by atomic mass is 35.5. The summed E-state index contributed by atoms with van der Waals surface area (Å²) in [6, 6.07) is 0. The normalized spacial score (nSPS) is 22.2. The Morgan fingerprint density at radius 2 is 1.79 bits per heavy atom. The van der Waals surface area contributed by atoms with E-state index in [0.29, 0.717) is 37.9 Å². The first-order valence-corrected chi connectivity index (χ1v) is 8.52. The zero-order chi connectivity index (χ0) is 13.0. The maximum absolute atomic E-state index is 12.1. The third-order valence-electron chi connectivity index (χ3n) is 3.64. The molecule has 1 aliphatic carbocycles. The Balaban J connectivity index is 0.00000180. The molecular formula is C12H25ClN2O3S. The first-order chi connectivity index (χ1) is 8.62. The Labute approximate surface area is 122 Å². The smallest absolute Gasteiger partial charge is 0.214 e. The van der Waals surface area contributed by atoms with Crippen molar-refractivity contribution in [3.8, 4) is 0 Å². The monoisotopic (exact) mass is 312 g/mol. The predicted octanol–water partition coefficient (Wildman–Crippen LogP) is 0.978. The topological polar surface area (TPSA) is 72.6 Å². The molecule has 2 fully saturated rings. The minimum atomic E-state index is -3.01. The molecule has 0 spiro atoms. The van der Waals surface area contributed by atoms with Gasteiger partial charge in [-0.1, -0.05) is 0 Å². The van der Waals surface area contributed by atoms with E-state index in [1.165, 1.54) is 0 Å². The van der Waals surface area contributed by atoms with E-state index in [4.69, 9.17) is 10.5 Å². The Hall–Kier alpha value is 0.120. The molecule has 2 N–H and O–H groups in total. The molecule has 0 unspecified atom stereocenters. The minimum Gasteiger partial charge on any atom is -0.378 e. The van der Waals surface area contributed by atoms with E-state index in [2.05, 4.69) is 0 Å². The van der Waals surface area contributed by atoms with Crippen molar-refractivity contribution in [2.24, 2.45) is 11.7 Å². The van der Waals surface area contributed by atoms with Crippen molar-refractivity contribution < 1.29 is 13.2 Å². The third kappa shape index (κ3) is 5.55. The Kier molecular flexibility index (Phi) is 7.04. The van der Waals surface area contributed by atoms with E-state index in [1.54, 1.807) is 4.31 Å². The third-order valence-corrected chi connectivity index (χ3v) is 5.68. The zero-order valence-electron chi connectivity index (χ0n) is 11.3. The molecule has 0 radical (unpaired) electrons. The molecular weight excluding hydrogens is 288 g/mol. The highest BCUT2D eigenvalue weighted by molar-refractivity contribution is 7.89. The summed E-state index contributed by atoms with van der Waals surface area (Å²) < 4.78 is 31.5. The Morgan fingerprint density at radius 1 is 1.16 bits per heavy atom. The van der Waals surface area contributed by atoms with Crippen molar-refractivity contribution in [2.75, 3.05) is 32.0 Å². The molecule has 114 valence electrons. The van der Waals surface area contributed by atoms with Crippen molar-refractivity contribution in [3.05, 3.63) is 0 Å². The summed E-state index contributed by atoms with van der Waals surface area (Å²) in [6.07, 6.45) is 4.88. The molecule has 19 heavy (non-hydrogen) atoms. The van der Waals surface area contributed by atoms with Crippen LogP contribution in [-0.2, 0) is 14.8 Å². The Bertz CT molecular complexity index is 352. The van der Waals surface area contributed by atoms with Gasteiger partial charge < -0.3 is 10.5 Å². The van der Waals surface area contributed by atoms with Crippen LogP contribution in [0.5, 0.6) is 0 Å². The summed E-state index contributed by atoms with van der Waals surface area (Å²) in [5.74, 6) is 0.777. The zero-order valence-corrected chi connectivity index (χ0v) is 12.9. The quantitative estimate of drug-likeness (QED) is 0.711. The van der Waals surface area contributed by atoms with E-state index >= 15 is 0 Å². The van der Waals surface area contributed by atoms with E-state index in [0.717, 1.165) is 32.1 Å². The summed E-state index contributed by atoms with van der Waals surface area (Å²) in [5.41, 5.74) is 5.41. The number of sulfonamides is 1. The highest BCUT2D eigenvalue weighted by Gasteiger charge is 2.33. The molecule has 1 aliphatic heterocycles. The van der Waals surface area contributed by atoms with E-state index < -0.39 is 10.0 Å². The van der Waals surface area contributed by atoms with Crippen molar-refractivity contribution >= 4 is 22.4 Å². The van der Waals surface area contributed by atoms with Gasteiger partial charge in [0.05, 0.1) is 11.9 Å². The molecule has 0 bridgehead atoms. The minimum absolute atomic E-state index is 0. The van der Waals surface area contributed by atoms with Crippen molar-refractivity contribution in [1.29, 1.82) is 0 Å². The first-order valence-electron chi connectivity index (χ1n) is 6.91. The van der Waals surface area contributed by atoms with Crippen LogP contribution in [0.3, 0.4) is 0 Å². The van der Waals surface area contributed by atoms with Crippen molar-refractivity contribution in [1.82, 2.24) is 4.31 Å². The fourth-order valence-electron chi connectivity index (χ4n) is 2.30. The summed E-state index contributed by atoms with van der Waals surface area (Å²) in [5, 5.41) is 0. The number of hydrogen-bond donors (Lipinski definition) is 1. The Morgan fingerprint density at radius 3 is 2.32 bits per heavy atom. The van der Waals surface area contributed by atoms with Gasteiger partial charge in [0.2, 0.25) is 10.0 Å². The number of halogens is 1. The summed E-state index contributed by atoms with van der Waals surface area (Å²) in [6.45, 7) is 2.56. The average molecular weight is 313 g/mol. The van der Waals surface area contributed by atoms with Crippen molar-refractivity contribution in [2.45, 2.75) is 38.2 Å². The van der Waals surface area contributed by atoms with Crippen LogP contribution in [0.4, 0.5) is 0 Å². The van der Waals surface area contributed by atoms with Crippen LogP contribution in [-0.4, -0.2) is 50.8 Å². The van der Waals surface area contributed by atoms with Gasteiger partial charge in [-0.15, -0.1) is 12.4 Å². The van der Waals surface area contributed by atoms with Gasteiger partial charge in [0.15, 0.2) is 0 Å². The van der Waals surface area contributed by atoms with Gasteiger partial charge in [-0.3, -0.25) is 0 Å². The number of nitrogens with zero attached hydrogens (tertiary/aromatic N) is 1. The second-order valence-corrected chi connectivity index (χ2v) is 7.35. The van der Waals surface area contributed by atoms with Gasteiger partial charge in [-0.2, -0.15) is 0 Å². The number of rotatable bonds is 7. The van der Waals surface area contributed by atoms with Crippen LogP contribution >= 0.6 is 12.4 Å². The average Bonchev–Trinajstić information content (AvgIpc) is 3.13. The first kappa shape index (κ1) is 17.2. The molecule has 5 nitrogen and oxygen atoms in total. The van der Waals surface area contributed by atoms with Crippen molar-refractivity contribution in [3.63, 3.8) is 0 Å². The molecule has 0 atom stereocenters. The maximum atomic E-state index is 12.1. The maximum Gasteiger partial charge on any atom is 0.214 e. The van der Waals surface area contributed by atoms with Crippen LogP contribution < -0.4 is 5.73 Å². The fourth-order valence-corrected chi connectivity index (χ4v) is 4.21. The number of hydrogen-bond acceptors (Lipinski definition) is 4. The molecule has 0 aromatic heterocycles. The van der Waals surface area contributed by atoms with Gasteiger partial charge in [0, 0.05) is 19.7 Å². The lowest BCUT2D eigenvalue weighted by atomic mass is 10.1. The summed E-state index contributed by atoms with van der Waals surface area (Å²) in [4.78, 5) is 0. The van der Waals surface area contributed by atoms with Crippen LogP contribution in [0.15, 0.2) is 0 Å². The van der Waals surface area contributed by atoms with E-state index in [1.807, 2.05) is 0 Å². The molecule has 1 saturated carbocycles. The van der Waals surface area contributed by atoms with Crippen LogP contribution in [0, 0.1) is 5.92 Å². The molecule has 0 aromatic rings. The standard InChI is InChI=1S/C12H24N2O3S.ClH/c13-6-1-9-17-12-4-7-14(8-5-12)18(15,16)10-11-2-3-11;/h11-12H,1-10,13H2;1H. The molecule has 7 heteroatoms. The summed E-state index contributed by atoms with van der Waals surface area (Å²) in [7, 11) is -3.01. The highest BCUT2D eigenvalue weighted by Crippen LogP contribution is 2.31. The fraction of sp³-hybridized carbons (Fsp3) is 1.00. The van der Waals surface area contributed by atoms with Gasteiger partial charge in [-0.25, -0.2) is 12.7 Å². The lowest BCUT2D eigenvalue weighted by molar-refractivity contribution is 0.0209. The van der Waals surface area contributed by atoms with Gasteiger partial charge in [-0.05, 0) is 44.6 Å². The van der Waals surface area contributed by atoms with Gasteiger partial charge >= 0.3 is 0 Å². The SMILES string of the molecule is Cl.NCCCOC1CCN(S(=O)(=O)CC2CC2)CC1. The summed E-state index contributed by atoms with van der Waals surface area (Å²) >= 11 is 0. The lowest BCUT2D eigenvalue weighted by Crippen LogP contribution is -2.42. The largest absolute Gasteiger partial charge is 0.378 e. The molecule has 1 saturated heterocycles. The van der Waals surface area contributed by atoms with E-state index in [9.17, 15) is 8.42 Å². The number of ether oxygens (including phenoxy) is 1. The van der Waals surface area contributed by atoms with Crippen LogP contribution in [0.2, 0.25) is 0 Å². The van der Waals surface area contributed by atoms with Gasteiger partial charge in [0.25, 0.3) is 0 Å². The van der Waals surface area contributed by atoms with Gasteiger partial charge in [0.1, 0.15) is 0 Å². The molecule has 2 rings (SSSR count). The number of nitrogens with two attached hydrogens (primary N) is 1. The second-order valence-electron chi connectivity index (χ2n) is 5.33. The van der Waals surface area contributed by atoms with E-state index in [-0.39, 0.29) is 18.5 Å². The van der Waals surface area contributed by atoms with Crippen LogP contribution in [0.25, 0.3) is 0 Å². The predicted molar refractivity (Wildman–Crippen MR) is 78.0 cm³/mol.